The van der Waals surface area contributed by atoms with E-state index in [1.54, 1.807) is 0 Å². The summed E-state index contributed by atoms with van der Waals surface area (Å²) < 4.78 is 7.17. The maximum absolute atomic E-state index is 7.17. The maximum Gasteiger partial charge on any atom is 0.197 e. The molecule has 80 heavy (non-hydrogen) atoms. The Labute approximate surface area is 481 Å². The number of hydrogen-bond donors (Lipinski definition) is 1. The highest BCUT2D eigenvalue weighted by Gasteiger charge is 2.43. The number of nitrogens with zero attached hydrogens (tertiary/aromatic N) is 1. The number of nitrogens with one attached hydrogen (secondary N) is 1. The minimum atomic E-state index is 0.0359. The van der Waals surface area contributed by atoms with Crippen LogP contribution in [0.5, 0.6) is 0 Å². The van der Waals surface area contributed by atoms with Gasteiger partial charge in [-0.1, -0.05) is 153 Å². The van der Waals surface area contributed by atoms with Crippen molar-refractivity contribution in [3.05, 3.63) is 159 Å². The monoisotopic (exact) mass is 1060 g/mol. The van der Waals surface area contributed by atoms with Crippen molar-refractivity contribution in [3.63, 3.8) is 0 Å². The van der Waals surface area contributed by atoms with E-state index in [4.69, 9.17) is 4.42 Å². The van der Waals surface area contributed by atoms with Crippen LogP contribution in [-0.2, 0) is 43.3 Å². The fourth-order valence-corrected chi connectivity index (χ4v) is 15.8. The molecule has 5 aliphatic rings. The molecule has 0 bridgehead atoms. The lowest BCUT2D eigenvalue weighted by molar-refractivity contribution is 0.332. The molecular weight excluding hydrogens is 968 g/mol. The number of benzene rings is 7. The van der Waals surface area contributed by atoms with E-state index < -0.39 is 0 Å². The average Bonchev–Trinajstić information content (AvgIpc) is 3.76. The molecule has 7 aromatic carbocycles. The molecule has 4 heteroatoms. The van der Waals surface area contributed by atoms with Crippen molar-refractivity contribution in [2.75, 3.05) is 10.2 Å². The first-order chi connectivity index (χ1) is 37.4. The molecular formula is C76H88BN2O. The Balaban J connectivity index is 1.14. The molecule has 4 aliphatic carbocycles. The summed E-state index contributed by atoms with van der Waals surface area (Å²) in [7, 11) is 2.57. The standard InChI is InChI=1S/C76H88BN2O/c1-44-20-19-21-45(2)67(44)46-34-52(68-64(35-46)79(48-23-25-54-56(37-48)72(9,10)29-27-70(54,5)6)63-41-59-58(40-61(63)77-68)74(13,14)31-32-75(59,15)16)49-38-50-51-39-57-60(76(17,18)33-30-73(57,11)12)42-65(51)80-66(50)43-62(49)78-47-22-24-53-55(36-47)71(7,8)28-26-69(53,3)4/h19-25,34-43,78H,26-33H2,1-18H3. The zero-order valence-corrected chi connectivity index (χ0v) is 51.9. The number of rotatable bonds is 5. The van der Waals surface area contributed by atoms with Crippen molar-refractivity contribution in [2.24, 2.45) is 0 Å². The summed E-state index contributed by atoms with van der Waals surface area (Å²) in [6.07, 6.45) is 9.32. The summed E-state index contributed by atoms with van der Waals surface area (Å²) in [6, 6.07) is 41.6. The zero-order chi connectivity index (χ0) is 56.8. The Morgan fingerprint density at radius 3 is 1.45 bits per heavy atom. The third-order valence-electron chi connectivity index (χ3n) is 21.8. The van der Waals surface area contributed by atoms with Crippen molar-refractivity contribution in [1.29, 1.82) is 0 Å². The lowest BCUT2D eigenvalue weighted by Crippen LogP contribution is -2.44. The minimum absolute atomic E-state index is 0.0359. The Morgan fingerprint density at radius 2 is 0.875 bits per heavy atom. The van der Waals surface area contributed by atoms with Gasteiger partial charge in [0.15, 0.2) is 7.28 Å². The highest BCUT2D eigenvalue weighted by Crippen LogP contribution is 2.54. The van der Waals surface area contributed by atoms with Crippen LogP contribution in [0.4, 0.5) is 28.4 Å². The molecule has 1 aromatic heterocycles. The topological polar surface area (TPSA) is 28.4 Å². The van der Waals surface area contributed by atoms with Gasteiger partial charge in [-0.2, -0.15) is 0 Å². The van der Waals surface area contributed by atoms with Crippen molar-refractivity contribution >= 4 is 68.6 Å². The second kappa shape index (κ2) is 17.3. The van der Waals surface area contributed by atoms with Gasteiger partial charge in [0.2, 0.25) is 0 Å². The Bertz CT molecular complexity index is 3920. The van der Waals surface area contributed by atoms with Gasteiger partial charge in [0.25, 0.3) is 0 Å². The summed E-state index contributed by atoms with van der Waals surface area (Å²) in [5, 5.41) is 6.54. The Kier molecular flexibility index (Phi) is 11.5. The molecule has 8 aromatic rings. The predicted octanol–water partition coefficient (Wildman–Crippen LogP) is 20.1. The van der Waals surface area contributed by atoms with Crippen LogP contribution >= 0.6 is 0 Å². The number of fused-ring (bicyclic) bond motifs is 9. The minimum Gasteiger partial charge on any atom is -0.456 e. The maximum atomic E-state index is 7.17. The number of anilines is 5. The van der Waals surface area contributed by atoms with Crippen LogP contribution in [0.2, 0.25) is 0 Å². The molecule has 1 aliphatic heterocycles. The number of furan rings is 1. The van der Waals surface area contributed by atoms with Crippen LogP contribution in [0.3, 0.4) is 0 Å². The zero-order valence-electron chi connectivity index (χ0n) is 51.9. The van der Waals surface area contributed by atoms with Gasteiger partial charge in [0.05, 0.1) is 5.69 Å². The van der Waals surface area contributed by atoms with E-state index in [0.717, 1.165) is 66.5 Å². The van der Waals surface area contributed by atoms with Gasteiger partial charge < -0.3 is 14.6 Å². The molecule has 3 nitrogen and oxygen atoms in total. The van der Waals surface area contributed by atoms with Crippen molar-refractivity contribution < 1.29 is 4.42 Å². The Morgan fingerprint density at radius 1 is 0.412 bits per heavy atom. The first kappa shape index (κ1) is 53.3. The number of hydrogen-bond acceptors (Lipinski definition) is 3. The summed E-state index contributed by atoms with van der Waals surface area (Å²) in [6.45, 7) is 43.8. The van der Waals surface area contributed by atoms with Gasteiger partial charge in [0, 0.05) is 45.2 Å². The lowest BCUT2D eigenvalue weighted by Gasteiger charge is -2.45. The van der Waals surface area contributed by atoms with Gasteiger partial charge in [-0.15, -0.1) is 0 Å². The normalized spacial score (nSPS) is 20.9. The summed E-state index contributed by atoms with van der Waals surface area (Å²) in [4.78, 5) is 2.68. The van der Waals surface area contributed by atoms with Gasteiger partial charge in [-0.05, 0) is 247 Å². The largest absolute Gasteiger partial charge is 0.456 e. The molecule has 0 saturated heterocycles. The summed E-state index contributed by atoms with van der Waals surface area (Å²) >= 11 is 0. The fraction of sp³-hybridized carbons (Fsp3) is 0.447. The van der Waals surface area contributed by atoms with Gasteiger partial charge >= 0.3 is 0 Å². The first-order valence-electron chi connectivity index (χ1n) is 30.6. The lowest BCUT2D eigenvalue weighted by atomic mass is 9.55. The molecule has 0 fully saturated rings. The summed E-state index contributed by atoms with van der Waals surface area (Å²) in [5.41, 5.74) is 30.0. The third kappa shape index (κ3) is 8.23. The second-order valence-electron chi connectivity index (χ2n) is 31.2. The SMILES string of the molecule is Cc1cccc(C)c1-c1cc(-c2cc3c(cc2Nc2ccc4c(c2)C(C)(C)CCC4(C)C)oc2cc4c(cc23)C(C)(C)CCC4(C)C)c2c(c1)N(c1ccc3c(c1)C(C)(C)CCC3(C)C)c1cc3c(cc1[B]2)C(C)(C)CCC3(C)C. The molecule has 0 atom stereocenters. The smallest absolute Gasteiger partial charge is 0.197 e. The second-order valence-corrected chi connectivity index (χ2v) is 31.2. The molecule has 0 amide bonds. The molecule has 0 spiro atoms. The fourth-order valence-electron chi connectivity index (χ4n) is 15.8. The van der Waals surface area contributed by atoms with Crippen molar-refractivity contribution in [2.45, 2.75) is 219 Å². The molecule has 411 valence electrons. The van der Waals surface area contributed by atoms with Gasteiger partial charge in [-0.3, -0.25) is 0 Å². The van der Waals surface area contributed by atoms with E-state index in [9.17, 15) is 0 Å². The molecule has 2 heterocycles. The van der Waals surface area contributed by atoms with Crippen LogP contribution in [-0.4, -0.2) is 7.28 Å². The van der Waals surface area contributed by atoms with Crippen molar-refractivity contribution in [3.8, 4) is 22.3 Å². The molecule has 0 unspecified atom stereocenters. The van der Waals surface area contributed by atoms with E-state index in [2.05, 4.69) is 245 Å². The average molecular weight is 1060 g/mol. The molecule has 13 rings (SSSR count). The predicted molar refractivity (Wildman–Crippen MR) is 345 cm³/mol. The molecule has 1 radical (unpaired) electrons. The molecule has 1 N–H and O–H groups in total. The van der Waals surface area contributed by atoms with E-state index in [1.165, 1.54) is 124 Å². The molecule has 0 saturated carbocycles. The summed E-state index contributed by atoms with van der Waals surface area (Å²) in [5.74, 6) is 0. The van der Waals surface area contributed by atoms with Crippen LogP contribution in [0.25, 0.3) is 44.2 Å². The van der Waals surface area contributed by atoms with Crippen LogP contribution in [0, 0.1) is 13.8 Å². The van der Waals surface area contributed by atoms with Crippen LogP contribution in [0.15, 0.2) is 108 Å². The highest BCUT2D eigenvalue weighted by molar-refractivity contribution is 6.73. The van der Waals surface area contributed by atoms with Crippen LogP contribution < -0.4 is 21.1 Å². The van der Waals surface area contributed by atoms with Crippen LogP contribution in [0.1, 0.15) is 218 Å². The first-order valence-corrected chi connectivity index (χ1v) is 30.6. The van der Waals surface area contributed by atoms with E-state index in [-0.39, 0.29) is 43.3 Å². The van der Waals surface area contributed by atoms with E-state index >= 15 is 0 Å². The van der Waals surface area contributed by atoms with Gasteiger partial charge in [0.1, 0.15) is 11.2 Å². The number of aryl methyl sites for hydroxylation is 2. The Hall–Kier alpha value is -6.00. The van der Waals surface area contributed by atoms with E-state index in [1.807, 2.05) is 0 Å². The van der Waals surface area contributed by atoms with Gasteiger partial charge in [-0.25, -0.2) is 0 Å². The van der Waals surface area contributed by atoms with E-state index in [0.29, 0.717) is 0 Å². The quantitative estimate of drug-likeness (QED) is 0.174. The highest BCUT2D eigenvalue weighted by atomic mass is 16.3. The van der Waals surface area contributed by atoms with Crippen molar-refractivity contribution in [1.82, 2.24) is 0 Å². The third-order valence-corrected chi connectivity index (χ3v) is 21.8.